The topological polar surface area (TPSA) is 145 Å². The highest BCUT2D eigenvalue weighted by Crippen LogP contribution is 2.46. The minimum Gasteiger partial charge on any atom is -0.497 e. The van der Waals surface area contributed by atoms with Crippen LogP contribution in [0.15, 0.2) is 151 Å². The van der Waals surface area contributed by atoms with E-state index in [4.69, 9.17) is 44.1 Å². The second-order valence-electron chi connectivity index (χ2n) is 17.4. The van der Waals surface area contributed by atoms with Crippen LogP contribution in [0.3, 0.4) is 0 Å². The second kappa shape index (κ2) is 18.3. The lowest BCUT2D eigenvalue weighted by molar-refractivity contribution is -0.0850. The molecule has 0 unspecified atom stereocenters. The molecule has 4 atom stereocenters. The Bertz CT molecular complexity index is 2670. The van der Waals surface area contributed by atoms with Crippen LogP contribution in [0.5, 0.6) is 11.5 Å². The Morgan fingerprint density at radius 2 is 1.36 bits per heavy atom. The fourth-order valence-corrected chi connectivity index (χ4v) is 9.33. The third-order valence-electron chi connectivity index (χ3n) is 12.5. The highest BCUT2D eigenvalue weighted by Gasteiger charge is 2.52. The van der Waals surface area contributed by atoms with E-state index < -0.39 is 44.3 Å². The predicted octanol–water partition coefficient (Wildman–Crippen LogP) is 9.39. The Hall–Kier alpha value is -6.51. The molecular formula is C51H54N6O6Si. The fraction of sp³-hybridized carbons (Fsp3) is 0.275. The van der Waals surface area contributed by atoms with Crippen molar-refractivity contribution in [1.29, 1.82) is 0 Å². The Labute approximate surface area is 375 Å². The Morgan fingerprint density at radius 3 is 1.95 bits per heavy atom. The number of hydrogen-bond donors (Lipinski definition) is 1. The summed E-state index contributed by atoms with van der Waals surface area (Å²) in [5, 5.41) is -0.157. The SMILES string of the molecule is COc1ccc(C(OC[C@H]2O[C@@H](n3cnc4c(-c5ccccc5C(N)=O)ncnc43)[C@H](O[Si](C)(C)C(C)(C)C)[C@@H]2N=Cc2ccccc2)(c2ccccc2)c2ccc(OC)cc2)cc1. The van der Waals surface area contributed by atoms with Crippen molar-refractivity contribution in [1.82, 2.24) is 19.5 Å². The van der Waals surface area contributed by atoms with Crippen LogP contribution in [0.1, 0.15) is 59.6 Å². The number of aromatic nitrogens is 4. The van der Waals surface area contributed by atoms with E-state index in [0.29, 0.717) is 28.0 Å². The van der Waals surface area contributed by atoms with Gasteiger partial charge in [-0.15, -0.1) is 0 Å². The van der Waals surface area contributed by atoms with E-state index in [2.05, 4.69) is 51.0 Å². The number of methoxy groups -OCH3 is 2. The van der Waals surface area contributed by atoms with Gasteiger partial charge in [-0.3, -0.25) is 14.4 Å². The van der Waals surface area contributed by atoms with E-state index in [1.54, 1.807) is 32.7 Å². The lowest BCUT2D eigenvalue weighted by Crippen LogP contribution is -2.48. The van der Waals surface area contributed by atoms with Crippen LogP contribution in [-0.4, -0.2) is 79.0 Å². The van der Waals surface area contributed by atoms with Crippen molar-refractivity contribution >= 4 is 31.6 Å². The highest BCUT2D eigenvalue weighted by molar-refractivity contribution is 6.74. The molecule has 5 aromatic carbocycles. The summed E-state index contributed by atoms with van der Waals surface area (Å²) in [5.74, 6) is 0.878. The second-order valence-corrected chi connectivity index (χ2v) is 22.1. The molecule has 1 aliphatic rings. The molecule has 0 spiro atoms. The van der Waals surface area contributed by atoms with Crippen LogP contribution >= 0.6 is 0 Å². The summed E-state index contributed by atoms with van der Waals surface area (Å²) in [7, 11) is 0.782. The summed E-state index contributed by atoms with van der Waals surface area (Å²) in [4.78, 5) is 32.2. The summed E-state index contributed by atoms with van der Waals surface area (Å²) in [6.07, 6.45) is 3.04. The lowest BCUT2D eigenvalue weighted by atomic mass is 9.80. The molecular weight excluding hydrogens is 821 g/mol. The van der Waals surface area contributed by atoms with Crippen LogP contribution in [0.2, 0.25) is 18.1 Å². The van der Waals surface area contributed by atoms with Crippen molar-refractivity contribution in [2.45, 2.75) is 69.0 Å². The molecule has 2 N–H and O–H groups in total. The maximum Gasteiger partial charge on any atom is 0.249 e. The molecule has 2 aromatic heterocycles. The monoisotopic (exact) mass is 874 g/mol. The molecule has 1 aliphatic heterocycles. The molecule has 12 nitrogen and oxygen atoms in total. The molecule has 0 bridgehead atoms. The van der Waals surface area contributed by atoms with Gasteiger partial charge in [0.05, 0.1) is 27.2 Å². The van der Waals surface area contributed by atoms with Crippen molar-refractivity contribution in [3.63, 3.8) is 0 Å². The number of imidazole rings is 1. The number of fused-ring (bicyclic) bond motifs is 1. The average Bonchev–Trinajstić information content (AvgIpc) is 3.89. The van der Waals surface area contributed by atoms with Gasteiger partial charge >= 0.3 is 0 Å². The molecule has 1 saturated heterocycles. The Balaban J connectivity index is 1.29. The minimum atomic E-state index is -2.53. The summed E-state index contributed by atoms with van der Waals surface area (Å²) in [5.41, 5.74) is 10.7. The van der Waals surface area contributed by atoms with Crippen molar-refractivity contribution in [2.75, 3.05) is 20.8 Å². The number of primary amides is 1. The summed E-state index contributed by atoms with van der Waals surface area (Å²) in [6, 6.07) is 42.6. The van der Waals surface area contributed by atoms with E-state index in [1.807, 2.05) is 120 Å². The molecule has 0 radical (unpaired) electrons. The van der Waals surface area contributed by atoms with E-state index in [1.165, 1.54) is 6.33 Å². The molecule has 1 amide bonds. The maximum absolute atomic E-state index is 12.6. The van der Waals surface area contributed by atoms with Crippen molar-refractivity contribution in [2.24, 2.45) is 10.7 Å². The third kappa shape index (κ3) is 8.59. The van der Waals surface area contributed by atoms with Gasteiger partial charge in [0.2, 0.25) is 5.91 Å². The maximum atomic E-state index is 12.6. The van der Waals surface area contributed by atoms with Gasteiger partial charge in [0, 0.05) is 17.3 Å². The quantitative estimate of drug-likeness (QED) is 0.0605. The number of ether oxygens (including phenoxy) is 4. The number of nitrogens with two attached hydrogens (primary N) is 1. The Kier molecular flexibility index (Phi) is 12.6. The smallest absolute Gasteiger partial charge is 0.249 e. The van der Waals surface area contributed by atoms with Gasteiger partial charge in [0.15, 0.2) is 20.2 Å². The Morgan fingerprint density at radius 1 is 0.781 bits per heavy atom. The normalized spacial score (nSPS) is 18.1. The van der Waals surface area contributed by atoms with Gasteiger partial charge in [-0.25, -0.2) is 15.0 Å². The largest absolute Gasteiger partial charge is 0.497 e. The molecule has 64 heavy (non-hydrogen) atoms. The summed E-state index contributed by atoms with van der Waals surface area (Å²) in [6.45, 7) is 11.2. The van der Waals surface area contributed by atoms with Crippen LogP contribution in [-0.2, 0) is 19.5 Å². The first kappa shape index (κ1) is 44.1. The van der Waals surface area contributed by atoms with E-state index in [9.17, 15) is 4.79 Å². The zero-order chi connectivity index (χ0) is 45.1. The number of rotatable bonds is 15. The van der Waals surface area contributed by atoms with Gasteiger partial charge < -0.3 is 29.1 Å². The zero-order valence-electron chi connectivity index (χ0n) is 37.2. The lowest BCUT2D eigenvalue weighted by Gasteiger charge is -2.40. The van der Waals surface area contributed by atoms with Gasteiger partial charge in [-0.05, 0) is 70.7 Å². The van der Waals surface area contributed by atoms with Gasteiger partial charge in [0.1, 0.15) is 52.9 Å². The number of carbonyl (C=O) groups excluding carboxylic acids is 1. The van der Waals surface area contributed by atoms with Crippen LogP contribution in [0.4, 0.5) is 0 Å². The summed E-state index contributed by atoms with van der Waals surface area (Å²) >= 11 is 0. The van der Waals surface area contributed by atoms with Crippen molar-refractivity contribution < 1.29 is 28.2 Å². The highest BCUT2D eigenvalue weighted by atomic mass is 28.4. The zero-order valence-corrected chi connectivity index (χ0v) is 38.2. The van der Waals surface area contributed by atoms with Gasteiger partial charge in [-0.1, -0.05) is 124 Å². The number of benzene rings is 5. The third-order valence-corrected chi connectivity index (χ3v) is 16.9. The average molecular weight is 875 g/mol. The molecule has 0 aliphatic carbocycles. The van der Waals surface area contributed by atoms with E-state index >= 15 is 0 Å². The van der Waals surface area contributed by atoms with Gasteiger partial charge in [0.25, 0.3) is 0 Å². The number of hydrogen-bond acceptors (Lipinski definition) is 10. The van der Waals surface area contributed by atoms with Crippen molar-refractivity contribution in [3.8, 4) is 22.8 Å². The standard InChI is InChI=1S/C51H54N6O6Si/c1-50(2,3)64(6,7)63-46-44(53-30-34-16-10-8-11-17-34)42(62-49(46)57-33-56-45-43(54-32-55-48(45)57)40-20-14-15-21-41(40)47(52)58)31-61-51(35-18-12-9-13-19-35,36-22-26-38(59-4)27-23-36)37-24-28-39(60-5)29-25-37/h8-30,32-33,42,44,46,49H,31H2,1-7H3,(H2,52,58)/t42-,44-,46-,49-/m1/s1. The fourth-order valence-electron chi connectivity index (χ4n) is 8.04. The molecule has 3 heterocycles. The van der Waals surface area contributed by atoms with Crippen molar-refractivity contribution in [3.05, 3.63) is 174 Å². The molecule has 7 aromatic rings. The number of aliphatic imine (C=N–C) groups is 1. The molecule has 13 heteroatoms. The number of amides is 1. The first-order chi connectivity index (χ1) is 30.8. The number of nitrogens with zero attached hydrogens (tertiary/aromatic N) is 5. The van der Waals surface area contributed by atoms with E-state index in [-0.39, 0.29) is 11.6 Å². The van der Waals surface area contributed by atoms with Gasteiger partial charge in [-0.2, -0.15) is 0 Å². The van der Waals surface area contributed by atoms with Crippen LogP contribution in [0.25, 0.3) is 22.4 Å². The molecule has 328 valence electrons. The number of carbonyl (C=O) groups is 1. The first-order valence-electron chi connectivity index (χ1n) is 21.3. The van der Waals surface area contributed by atoms with Crippen LogP contribution in [0, 0.1) is 0 Å². The predicted molar refractivity (Wildman–Crippen MR) is 251 cm³/mol. The summed E-state index contributed by atoms with van der Waals surface area (Å²) < 4.78 is 35.3. The molecule has 1 fully saturated rings. The minimum absolute atomic E-state index is 0.0937. The molecule has 0 saturated carbocycles. The first-order valence-corrected chi connectivity index (χ1v) is 24.2. The van der Waals surface area contributed by atoms with Crippen LogP contribution < -0.4 is 15.2 Å². The van der Waals surface area contributed by atoms with E-state index in [0.717, 1.165) is 33.8 Å². The molecule has 8 rings (SSSR count).